The Morgan fingerprint density at radius 2 is 1.17 bits per heavy atom. The number of hydrogen-bond acceptors (Lipinski definition) is 8. The van der Waals surface area contributed by atoms with E-state index < -0.39 is 0 Å². The van der Waals surface area contributed by atoms with Crippen LogP contribution in [0.25, 0.3) is 54.4 Å². The van der Waals surface area contributed by atoms with Gasteiger partial charge in [-0.15, -0.1) is 0 Å². The highest BCUT2D eigenvalue weighted by Gasteiger charge is 2.38. The molecule has 4 aromatic heterocycles. The van der Waals surface area contributed by atoms with E-state index in [0.29, 0.717) is 11.5 Å². The topological polar surface area (TPSA) is 128 Å². The van der Waals surface area contributed by atoms with Crippen LogP contribution in [0.1, 0.15) is 60.6 Å². The van der Waals surface area contributed by atoms with Gasteiger partial charge in [0.05, 0.1) is 6.17 Å². The number of aromatic nitrogens is 4. The lowest BCUT2D eigenvalue weighted by molar-refractivity contribution is 0.623. The molecule has 0 fully saturated rings. The van der Waals surface area contributed by atoms with Crippen molar-refractivity contribution in [1.82, 2.24) is 19.9 Å². The molecular formula is C28H28N8. The van der Waals surface area contributed by atoms with E-state index in [4.69, 9.17) is 31.4 Å². The predicted molar refractivity (Wildman–Crippen MR) is 148 cm³/mol. The first-order valence-corrected chi connectivity index (χ1v) is 12.7. The van der Waals surface area contributed by atoms with Crippen LogP contribution in [0.5, 0.6) is 0 Å². The van der Waals surface area contributed by atoms with Crippen molar-refractivity contribution in [2.75, 3.05) is 16.4 Å². The fourth-order valence-corrected chi connectivity index (χ4v) is 7.03. The van der Waals surface area contributed by atoms with Crippen molar-refractivity contribution < 1.29 is 0 Å². The first-order valence-electron chi connectivity index (χ1n) is 12.7. The molecular weight excluding hydrogens is 448 g/mol. The Bertz CT molecular complexity index is 1820. The summed E-state index contributed by atoms with van der Waals surface area (Å²) in [5.41, 5.74) is 20.3. The molecule has 4 atom stereocenters. The molecule has 6 N–H and O–H groups in total. The number of rotatable bonds is 0. The average molecular weight is 477 g/mol. The molecule has 2 aliphatic rings. The van der Waals surface area contributed by atoms with E-state index in [0.717, 1.165) is 50.1 Å². The average Bonchev–Trinajstić information content (AvgIpc) is 2.84. The summed E-state index contributed by atoms with van der Waals surface area (Å²) in [6, 6.07) is 0.215. The van der Waals surface area contributed by atoms with Gasteiger partial charge in [0.15, 0.2) is 11.3 Å². The van der Waals surface area contributed by atoms with E-state index in [2.05, 4.69) is 52.2 Å². The van der Waals surface area contributed by atoms with Crippen molar-refractivity contribution in [3.05, 3.63) is 27.9 Å². The highest BCUT2D eigenvalue weighted by molar-refractivity contribution is 6.40. The van der Waals surface area contributed by atoms with Crippen molar-refractivity contribution in [2.45, 2.75) is 65.6 Å². The van der Waals surface area contributed by atoms with Gasteiger partial charge in [-0.3, -0.25) is 0 Å². The second-order valence-corrected chi connectivity index (χ2v) is 11.0. The summed E-state index contributed by atoms with van der Waals surface area (Å²) in [5.74, 6) is 2.52. The molecule has 0 bridgehead atoms. The second-order valence-electron chi connectivity index (χ2n) is 11.0. The van der Waals surface area contributed by atoms with Crippen LogP contribution in [0, 0.1) is 20.8 Å². The summed E-state index contributed by atoms with van der Waals surface area (Å²) in [7, 11) is 0. The number of nitrogens with two attached hydrogens (primary N) is 2. The normalized spacial score (nSPS) is 23.4. The molecule has 0 saturated heterocycles. The van der Waals surface area contributed by atoms with Gasteiger partial charge in [-0.1, -0.05) is 13.8 Å². The number of fused-ring (bicyclic) bond motifs is 2. The third-order valence-electron chi connectivity index (χ3n) is 9.23. The number of aryl methyl sites for hydroxylation is 3. The van der Waals surface area contributed by atoms with Gasteiger partial charge >= 0.3 is 0 Å². The monoisotopic (exact) mass is 476 g/mol. The molecule has 0 saturated carbocycles. The van der Waals surface area contributed by atoms with Gasteiger partial charge < -0.3 is 22.1 Å². The Kier molecular flexibility index (Phi) is 3.47. The number of anilines is 3. The zero-order valence-electron chi connectivity index (χ0n) is 21.3. The molecule has 0 radical (unpaired) electrons. The Balaban J connectivity index is 1.84. The number of nitrogens with zero attached hydrogens (tertiary/aromatic N) is 4. The molecule has 36 heavy (non-hydrogen) atoms. The largest absolute Gasteiger partial charge is 0.383 e. The SMILES string of the molecule is Cc1nc2nc3c4c(c5c(C)c(N)nc6nc7c8c(c(c1C)c2c4c8c65)C(C)C(C)N7)C(C)C(N)N3. The third kappa shape index (κ3) is 2.05. The number of hydrogen-bond donors (Lipinski definition) is 4. The van der Waals surface area contributed by atoms with Gasteiger partial charge in [-0.05, 0) is 60.7 Å². The van der Waals surface area contributed by atoms with Crippen molar-refractivity contribution in [2.24, 2.45) is 5.73 Å². The standard InChI is InChI=1S/C28H28N8/c1-7-11(5)31-25-19-13(7)14-8(2)12(6)32-26-20(14)18-17(19)21-15(9(3)23(29)33-27(21)35-25)16-10(4)24(30)34-28(36-26)22(16)18/h7,10-11,24H,30H2,1-6H3,(H,32,34,36)(H3,29,31,33,35). The van der Waals surface area contributed by atoms with Crippen molar-refractivity contribution in [3.63, 3.8) is 0 Å². The van der Waals surface area contributed by atoms with Gasteiger partial charge in [-0.25, -0.2) is 19.9 Å². The molecule has 4 unspecified atom stereocenters. The van der Waals surface area contributed by atoms with E-state index in [9.17, 15) is 0 Å². The number of nitrogen functional groups attached to an aromatic ring is 1. The summed E-state index contributed by atoms with van der Waals surface area (Å²) in [6.07, 6.45) is -0.278. The van der Waals surface area contributed by atoms with Crippen LogP contribution in [-0.2, 0) is 0 Å². The van der Waals surface area contributed by atoms with Gasteiger partial charge in [0, 0.05) is 55.9 Å². The van der Waals surface area contributed by atoms with Crippen LogP contribution >= 0.6 is 0 Å². The van der Waals surface area contributed by atoms with Crippen molar-refractivity contribution in [3.8, 4) is 0 Å². The zero-order chi connectivity index (χ0) is 24.9. The van der Waals surface area contributed by atoms with Crippen LogP contribution in [0.2, 0.25) is 0 Å². The lowest BCUT2D eigenvalue weighted by Gasteiger charge is -2.37. The van der Waals surface area contributed by atoms with Crippen LogP contribution in [0.15, 0.2) is 0 Å². The lowest BCUT2D eigenvalue weighted by atomic mass is 9.75. The molecule has 0 amide bonds. The Labute approximate surface area is 207 Å². The van der Waals surface area contributed by atoms with Crippen LogP contribution in [0.4, 0.5) is 17.5 Å². The summed E-state index contributed by atoms with van der Waals surface area (Å²) in [4.78, 5) is 20.0. The van der Waals surface area contributed by atoms with Crippen molar-refractivity contribution in [1.29, 1.82) is 0 Å². The minimum absolute atomic E-state index is 0.0475. The van der Waals surface area contributed by atoms with E-state index in [1.165, 1.54) is 38.2 Å². The van der Waals surface area contributed by atoms with E-state index in [1.807, 2.05) is 0 Å². The number of pyridine rings is 4. The Hall–Kier alpha value is -3.78. The molecule has 6 heterocycles. The smallest absolute Gasteiger partial charge is 0.165 e. The van der Waals surface area contributed by atoms with Crippen LogP contribution in [0.3, 0.4) is 0 Å². The molecule has 6 aromatic rings. The Morgan fingerprint density at radius 1 is 0.611 bits per heavy atom. The molecule has 2 aromatic carbocycles. The fraction of sp³-hybridized carbons (Fsp3) is 0.357. The number of nitrogens with one attached hydrogen (secondary N) is 2. The van der Waals surface area contributed by atoms with Gasteiger partial charge in [0.25, 0.3) is 0 Å². The summed E-state index contributed by atoms with van der Waals surface area (Å²) in [6.45, 7) is 13.0. The van der Waals surface area contributed by atoms with Gasteiger partial charge in [-0.2, -0.15) is 0 Å². The molecule has 180 valence electrons. The maximum absolute atomic E-state index is 6.65. The first kappa shape index (κ1) is 20.4. The van der Waals surface area contributed by atoms with E-state index in [1.54, 1.807) is 0 Å². The van der Waals surface area contributed by atoms with Crippen LogP contribution in [-0.4, -0.2) is 32.1 Å². The summed E-state index contributed by atoms with van der Waals surface area (Å²) < 4.78 is 0. The maximum atomic E-state index is 6.65. The van der Waals surface area contributed by atoms with Gasteiger partial charge in [0.1, 0.15) is 17.5 Å². The zero-order valence-corrected chi connectivity index (χ0v) is 21.3. The Morgan fingerprint density at radius 3 is 1.83 bits per heavy atom. The van der Waals surface area contributed by atoms with Crippen molar-refractivity contribution >= 4 is 71.8 Å². The molecule has 8 nitrogen and oxygen atoms in total. The summed E-state index contributed by atoms with van der Waals surface area (Å²) in [5, 5.41) is 16.5. The lowest BCUT2D eigenvalue weighted by Crippen LogP contribution is -2.38. The molecule has 2 aliphatic heterocycles. The molecule has 0 spiro atoms. The molecule has 8 rings (SSSR count). The molecule has 8 heteroatoms. The first-order chi connectivity index (χ1) is 17.2. The van der Waals surface area contributed by atoms with E-state index in [-0.39, 0.29) is 24.0 Å². The maximum Gasteiger partial charge on any atom is 0.165 e. The van der Waals surface area contributed by atoms with E-state index >= 15 is 0 Å². The molecule has 0 aliphatic carbocycles. The highest BCUT2D eigenvalue weighted by Crippen LogP contribution is 2.55. The fourth-order valence-electron chi connectivity index (χ4n) is 7.03. The van der Waals surface area contributed by atoms with Gasteiger partial charge in [0.2, 0.25) is 0 Å². The third-order valence-corrected chi connectivity index (χ3v) is 9.23. The second kappa shape index (κ2) is 6.13. The minimum atomic E-state index is -0.278. The predicted octanol–water partition coefficient (Wildman–Crippen LogP) is 5.15. The highest BCUT2D eigenvalue weighted by atomic mass is 15.1. The van der Waals surface area contributed by atoms with Crippen LogP contribution < -0.4 is 22.1 Å². The quantitative estimate of drug-likeness (QED) is 0.175. The minimum Gasteiger partial charge on any atom is -0.383 e. The number of benzene rings is 2. The summed E-state index contributed by atoms with van der Waals surface area (Å²) >= 11 is 0.